The zero-order valence-electron chi connectivity index (χ0n) is 14.3. The maximum Gasteiger partial charge on any atom is 0.252 e. The van der Waals surface area contributed by atoms with E-state index in [9.17, 15) is 4.79 Å². The molecule has 4 aromatic rings. The van der Waals surface area contributed by atoms with Crippen LogP contribution >= 0.6 is 11.3 Å². The van der Waals surface area contributed by atoms with Crippen molar-refractivity contribution < 1.29 is 4.79 Å². The van der Waals surface area contributed by atoms with E-state index in [-0.39, 0.29) is 11.9 Å². The Kier molecular flexibility index (Phi) is 4.50. The summed E-state index contributed by atoms with van der Waals surface area (Å²) < 4.78 is 1.95. The summed E-state index contributed by atoms with van der Waals surface area (Å²) in [7, 11) is 0. The van der Waals surface area contributed by atoms with Crippen LogP contribution in [0.2, 0.25) is 0 Å². The number of pyridine rings is 1. The first-order chi connectivity index (χ1) is 12.7. The molecule has 3 heterocycles. The van der Waals surface area contributed by atoms with E-state index in [0.29, 0.717) is 12.1 Å². The molecule has 1 unspecified atom stereocenters. The van der Waals surface area contributed by atoms with Gasteiger partial charge >= 0.3 is 0 Å². The Morgan fingerprint density at radius 2 is 2.15 bits per heavy atom. The molecule has 4 rings (SSSR count). The lowest BCUT2D eigenvalue weighted by Gasteiger charge is -2.16. The standard InChI is InChI=1S/C20H18N4OS/c1-14(12-24-9-8-21-13-24)22-20(25)16-11-18(19-7-4-10-26-19)23-17-6-3-2-5-15(16)17/h2-11,13-14H,12H2,1H3,(H,22,25). The topological polar surface area (TPSA) is 59.8 Å². The lowest BCUT2D eigenvalue weighted by Crippen LogP contribution is -2.35. The van der Waals surface area contributed by atoms with Gasteiger partial charge in [0.15, 0.2) is 0 Å². The number of amides is 1. The molecule has 0 bridgehead atoms. The van der Waals surface area contributed by atoms with Crippen molar-refractivity contribution in [3.63, 3.8) is 0 Å². The molecule has 0 aliphatic heterocycles. The summed E-state index contributed by atoms with van der Waals surface area (Å²) in [5.74, 6) is -0.0889. The van der Waals surface area contributed by atoms with Crippen molar-refractivity contribution in [1.29, 1.82) is 0 Å². The minimum absolute atomic E-state index is 0.0196. The van der Waals surface area contributed by atoms with Crippen molar-refractivity contribution in [2.45, 2.75) is 19.5 Å². The van der Waals surface area contributed by atoms with Crippen molar-refractivity contribution >= 4 is 28.1 Å². The number of carbonyl (C=O) groups excluding carboxylic acids is 1. The molecule has 0 fully saturated rings. The fourth-order valence-electron chi connectivity index (χ4n) is 2.97. The van der Waals surface area contributed by atoms with Crippen molar-refractivity contribution in [3.05, 3.63) is 72.1 Å². The number of aromatic nitrogens is 3. The monoisotopic (exact) mass is 362 g/mol. The Bertz CT molecular complexity index is 1030. The molecule has 1 amide bonds. The van der Waals surface area contributed by atoms with E-state index in [4.69, 9.17) is 4.98 Å². The Morgan fingerprint density at radius 1 is 1.27 bits per heavy atom. The summed E-state index contributed by atoms with van der Waals surface area (Å²) in [4.78, 5) is 22.8. The van der Waals surface area contributed by atoms with E-state index < -0.39 is 0 Å². The molecule has 1 atom stereocenters. The van der Waals surface area contributed by atoms with Gasteiger partial charge in [0, 0.05) is 30.4 Å². The second-order valence-corrected chi connectivity index (χ2v) is 7.13. The predicted molar refractivity (Wildman–Crippen MR) is 104 cm³/mol. The number of hydrogen-bond acceptors (Lipinski definition) is 4. The van der Waals surface area contributed by atoms with Gasteiger partial charge in [-0.2, -0.15) is 0 Å². The Balaban J connectivity index is 1.66. The highest BCUT2D eigenvalue weighted by Gasteiger charge is 2.16. The first kappa shape index (κ1) is 16.5. The van der Waals surface area contributed by atoms with Crippen LogP contribution in [0.3, 0.4) is 0 Å². The first-order valence-electron chi connectivity index (χ1n) is 8.41. The molecule has 3 aromatic heterocycles. The van der Waals surface area contributed by atoms with E-state index in [1.807, 2.05) is 65.5 Å². The molecule has 0 aliphatic rings. The zero-order valence-corrected chi connectivity index (χ0v) is 15.1. The molecule has 5 nitrogen and oxygen atoms in total. The van der Waals surface area contributed by atoms with Crippen LogP contribution in [-0.4, -0.2) is 26.5 Å². The Morgan fingerprint density at radius 3 is 2.92 bits per heavy atom. The number of benzene rings is 1. The molecule has 0 saturated heterocycles. The van der Waals surface area contributed by atoms with Gasteiger partial charge in [-0.15, -0.1) is 11.3 Å². The molecule has 6 heteroatoms. The fourth-order valence-corrected chi connectivity index (χ4v) is 3.66. The SMILES string of the molecule is CC(Cn1ccnc1)NC(=O)c1cc(-c2cccs2)nc2ccccc12. The van der Waals surface area contributed by atoms with Gasteiger partial charge in [0.1, 0.15) is 0 Å². The quantitative estimate of drug-likeness (QED) is 0.584. The lowest BCUT2D eigenvalue weighted by atomic mass is 10.1. The van der Waals surface area contributed by atoms with Crippen LogP contribution in [0.25, 0.3) is 21.5 Å². The number of hydrogen-bond donors (Lipinski definition) is 1. The number of imidazole rings is 1. The second kappa shape index (κ2) is 7.09. The highest BCUT2D eigenvalue weighted by atomic mass is 32.1. The zero-order chi connectivity index (χ0) is 17.9. The van der Waals surface area contributed by atoms with Gasteiger partial charge in [0.25, 0.3) is 5.91 Å². The summed E-state index contributed by atoms with van der Waals surface area (Å²) in [6.07, 6.45) is 5.37. The van der Waals surface area contributed by atoms with E-state index >= 15 is 0 Å². The van der Waals surface area contributed by atoms with Crippen LogP contribution in [0.15, 0.2) is 66.6 Å². The predicted octanol–water partition coefficient (Wildman–Crippen LogP) is 3.98. The van der Waals surface area contributed by atoms with Gasteiger partial charge in [-0.05, 0) is 30.5 Å². The Hall–Kier alpha value is -2.99. The number of rotatable bonds is 5. The maximum atomic E-state index is 13.0. The number of carbonyl (C=O) groups is 1. The van der Waals surface area contributed by atoms with Gasteiger partial charge in [-0.25, -0.2) is 9.97 Å². The van der Waals surface area contributed by atoms with Crippen molar-refractivity contribution in [3.8, 4) is 10.6 Å². The molecule has 26 heavy (non-hydrogen) atoms. The van der Waals surface area contributed by atoms with Crippen LogP contribution in [0.5, 0.6) is 0 Å². The molecule has 0 aliphatic carbocycles. The molecule has 0 radical (unpaired) electrons. The van der Waals surface area contributed by atoms with Crippen LogP contribution in [0.4, 0.5) is 0 Å². The average Bonchev–Trinajstić information content (AvgIpc) is 3.34. The van der Waals surface area contributed by atoms with Gasteiger partial charge in [0.05, 0.1) is 28.0 Å². The largest absolute Gasteiger partial charge is 0.348 e. The number of para-hydroxylation sites is 1. The molecule has 1 N–H and O–H groups in total. The Labute approximate surface area is 155 Å². The lowest BCUT2D eigenvalue weighted by molar-refractivity contribution is 0.0938. The summed E-state index contributed by atoms with van der Waals surface area (Å²) in [6, 6.07) is 13.6. The van der Waals surface area contributed by atoms with Crippen LogP contribution in [0.1, 0.15) is 17.3 Å². The molecular weight excluding hydrogens is 344 g/mol. The molecule has 0 saturated carbocycles. The minimum atomic E-state index is -0.0889. The van der Waals surface area contributed by atoms with Crippen LogP contribution in [-0.2, 0) is 6.54 Å². The van der Waals surface area contributed by atoms with E-state index in [1.165, 1.54) is 0 Å². The van der Waals surface area contributed by atoms with Gasteiger partial charge < -0.3 is 9.88 Å². The summed E-state index contributed by atoms with van der Waals surface area (Å²) in [6.45, 7) is 2.66. The summed E-state index contributed by atoms with van der Waals surface area (Å²) in [5.41, 5.74) is 2.30. The third-order valence-corrected chi connectivity index (χ3v) is 5.05. The van der Waals surface area contributed by atoms with Gasteiger partial charge in [-0.3, -0.25) is 4.79 Å². The van der Waals surface area contributed by atoms with Crippen LogP contribution < -0.4 is 5.32 Å². The average molecular weight is 362 g/mol. The van der Waals surface area contributed by atoms with E-state index in [1.54, 1.807) is 23.9 Å². The molecule has 130 valence electrons. The number of nitrogens with zero attached hydrogens (tertiary/aromatic N) is 3. The normalized spacial score (nSPS) is 12.2. The molecule has 1 aromatic carbocycles. The van der Waals surface area contributed by atoms with Crippen molar-refractivity contribution in [2.75, 3.05) is 0 Å². The summed E-state index contributed by atoms with van der Waals surface area (Å²) in [5, 5.41) is 5.96. The molecule has 0 spiro atoms. The third kappa shape index (κ3) is 3.36. The highest BCUT2D eigenvalue weighted by molar-refractivity contribution is 7.13. The summed E-state index contributed by atoms with van der Waals surface area (Å²) >= 11 is 1.62. The van der Waals surface area contributed by atoms with E-state index in [2.05, 4.69) is 10.3 Å². The van der Waals surface area contributed by atoms with Crippen molar-refractivity contribution in [1.82, 2.24) is 19.9 Å². The van der Waals surface area contributed by atoms with Gasteiger partial charge in [0.2, 0.25) is 0 Å². The van der Waals surface area contributed by atoms with E-state index in [0.717, 1.165) is 21.5 Å². The number of thiophene rings is 1. The maximum absolute atomic E-state index is 13.0. The van der Waals surface area contributed by atoms with Crippen LogP contribution in [0, 0.1) is 0 Å². The smallest absolute Gasteiger partial charge is 0.252 e. The molecular formula is C20H18N4OS. The highest BCUT2D eigenvalue weighted by Crippen LogP contribution is 2.27. The third-order valence-electron chi connectivity index (χ3n) is 4.16. The number of nitrogens with one attached hydrogen (secondary N) is 1. The number of fused-ring (bicyclic) bond motifs is 1. The van der Waals surface area contributed by atoms with Gasteiger partial charge in [-0.1, -0.05) is 24.3 Å². The first-order valence-corrected chi connectivity index (χ1v) is 9.29. The minimum Gasteiger partial charge on any atom is -0.348 e. The van der Waals surface area contributed by atoms with Crippen molar-refractivity contribution in [2.24, 2.45) is 0 Å². The second-order valence-electron chi connectivity index (χ2n) is 6.18. The fraction of sp³-hybridized carbons (Fsp3) is 0.150.